The van der Waals surface area contributed by atoms with Crippen molar-refractivity contribution in [1.29, 1.82) is 0 Å². The largest absolute Gasteiger partial charge is 0.458 e. The minimum atomic E-state index is -1.92. The zero-order valence-electron chi connectivity index (χ0n) is 64.6. The van der Waals surface area contributed by atoms with Gasteiger partial charge in [-0.1, -0.05) is 137 Å². The number of halogens is 2. The highest BCUT2D eigenvalue weighted by atomic mass is 19.1. The summed E-state index contributed by atoms with van der Waals surface area (Å²) in [6.45, 7) is 23.4. The van der Waals surface area contributed by atoms with Crippen molar-refractivity contribution in [3.63, 3.8) is 0 Å². The molecule has 24 heteroatoms. The number of nitrogens with zero attached hydrogens (tertiary/aromatic N) is 3. The molecule has 22 nitrogen and oxygen atoms in total. The molecule has 8 atom stereocenters. The van der Waals surface area contributed by atoms with E-state index in [1.54, 1.807) is 32.9 Å². The van der Waals surface area contributed by atoms with Crippen molar-refractivity contribution in [2.45, 2.75) is 245 Å². The van der Waals surface area contributed by atoms with Crippen LogP contribution in [0.1, 0.15) is 187 Å². The molecule has 2 fully saturated rings. The molecule has 3 amide bonds. The van der Waals surface area contributed by atoms with E-state index in [1.165, 1.54) is 80.2 Å². The van der Waals surface area contributed by atoms with Crippen molar-refractivity contribution in [3.05, 3.63) is 143 Å². The molecule has 0 aromatic heterocycles. The molecule has 2 saturated heterocycles. The van der Waals surface area contributed by atoms with Crippen molar-refractivity contribution < 1.29 is 94.6 Å². The predicted octanol–water partition coefficient (Wildman–Crippen LogP) is 12.3. The lowest BCUT2D eigenvalue weighted by molar-refractivity contribution is -0.174. The average molecular weight is 1470 g/mol. The Morgan fingerprint density at radius 1 is 0.457 bits per heavy atom. The Labute approximate surface area is 619 Å². The van der Waals surface area contributed by atoms with Gasteiger partial charge in [-0.25, -0.2) is 37.5 Å². The van der Waals surface area contributed by atoms with E-state index >= 15 is 4.39 Å². The maximum absolute atomic E-state index is 15.2. The van der Waals surface area contributed by atoms with Crippen LogP contribution in [-0.2, 0) is 107 Å². The third-order valence-electron chi connectivity index (χ3n) is 17.9. The normalized spacial score (nSPS) is 16.0. The Morgan fingerprint density at radius 3 is 1.14 bits per heavy atom. The molecule has 0 saturated carbocycles. The summed E-state index contributed by atoms with van der Waals surface area (Å²) >= 11 is 0. The number of hydrogen-bond donors (Lipinski definition) is 1. The lowest BCUT2D eigenvalue weighted by atomic mass is 9.90. The minimum absolute atomic E-state index is 0.0117. The van der Waals surface area contributed by atoms with E-state index in [2.05, 4.69) is 5.32 Å². The summed E-state index contributed by atoms with van der Waals surface area (Å²) in [7, 11) is 5.68. The van der Waals surface area contributed by atoms with Gasteiger partial charge in [0.25, 0.3) is 11.8 Å². The van der Waals surface area contributed by atoms with Gasteiger partial charge in [-0.05, 0) is 165 Å². The fourth-order valence-electron chi connectivity index (χ4n) is 12.0. The molecule has 0 bridgehead atoms. The topological polar surface area (TPSA) is 258 Å². The molecule has 0 aliphatic carbocycles. The Hall–Kier alpha value is -8.35. The van der Waals surface area contributed by atoms with Crippen LogP contribution in [0.5, 0.6) is 0 Å². The SMILES string of the molecule is CC(C)C[C@@H](C(=O)O[C@H](C)C(=O)OCc1ccccc1)N(C)C(=O)[C@@H](Cc1ccc(C2CCOCC2)cc1)OC(=O)[C@H](CC(C)(C)F)N(C)C(=O)OC(C)(C)C.CN[C@@H](CC(C)(C)F)C(=O)O[C@H](Cc1ccc(C2CCOCC2)cc1)C(=O)N(C)[C@@H](CC(C)C)C(=O)O[C@H](C)C(=O)OCc1ccccc1. The molecule has 0 spiro atoms. The number of alkyl halides is 2. The first kappa shape index (κ1) is 87.3. The first-order valence-electron chi connectivity index (χ1n) is 36.4. The van der Waals surface area contributed by atoms with E-state index in [-0.39, 0.29) is 57.2 Å². The van der Waals surface area contributed by atoms with Gasteiger partial charge in [0, 0.05) is 73.3 Å². The first-order valence-corrected chi connectivity index (χ1v) is 36.4. The van der Waals surface area contributed by atoms with Crippen LogP contribution in [0, 0.1) is 11.8 Å². The van der Waals surface area contributed by atoms with Crippen LogP contribution in [0.15, 0.2) is 109 Å². The first-order chi connectivity index (χ1) is 49.3. The molecule has 1 N–H and O–H groups in total. The molecular formula is C81H114F2N4O18. The fourth-order valence-corrected chi connectivity index (χ4v) is 12.0. The van der Waals surface area contributed by atoms with E-state index in [0.29, 0.717) is 43.8 Å². The van der Waals surface area contributed by atoms with Gasteiger partial charge in [0.2, 0.25) is 0 Å². The Kier molecular flexibility index (Phi) is 34.5. The van der Waals surface area contributed by atoms with Gasteiger partial charge in [0.15, 0.2) is 24.4 Å². The maximum Gasteiger partial charge on any atom is 0.410 e. The lowest BCUT2D eigenvalue weighted by Crippen LogP contribution is -2.52. The minimum Gasteiger partial charge on any atom is -0.458 e. The maximum atomic E-state index is 15.2. The Bertz CT molecular complexity index is 3400. The van der Waals surface area contributed by atoms with Crippen LogP contribution in [0.2, 0.25) is 0 Å². The molecule has 4 aromatic carbocycles. The van der Waals surface area contributed by atoms with E-state index in [4.69, 9.17) is 42.6 Å². The van der Waals surface area contributed by atoms with Crippen LogP contribution >= 0.6 is 0 Å². The zero-order chi connectivity index (χ0) is 77.9. The number of carbonyl (C=O) groups excluding carboxylic acids is 9. The van der Waals surface area contributed by atoms with E-state index in [1.807, 2.05) is 125 Å². The van der Waals surface area contributed by atoms with Crippen LogP contribution in [0.3, 0.4) is 0 Å². The number of hydrogen-bond acceptors (Lipinski definition) is 19. The lowest BCUT2D eigenvalue weighted by Gasteiger charge is -2.34. The Morgan fingerprint density at radius 2 is 0.810 bits per heavy atom. The number of esters is 6. The summed E-state index contributed by atoms with van der Waals surface area (Å²) in [5.41, 5.74) is 0.757. The second kappa shape index (κ2) is 41.5. The molecule has 0 radical (unpaired) electrons. The highest BCUT2D eigenvalue weighted by molar-refractivity contribution is 5.92. The second-order valence-corrected chi connectivity index (χ2v) is 30.3. The standard InChI is InChI=1S/C43H61FN2O10.C38H53FN2O8/c1-28(2)24-34(39(49)54-29(3)38(48)53-27-31-14-12-11-13-15-31)45(9)37(47)36(25-30-16-18-32(19-17-30)33-20-22-52-23-21-33)55-40(50)35(26-43(7,8)44)46(10)41(51)56-42(4,5)6;1-25(2)21-32(37(45)48-26(3)35(43)47-24-28-11-9-8-10-12-28)41(7)34(42)33(49-36(44)31(40-6)23-38(4,5)39)22-27-13-15-29(16-14-27)30-17-19-46-20-18-30/h11-19,28-29,33-36H,20-27H2,1-10H3;8-16,25-26,30-33,40H,17-24H2,1-7H3/t29-,34+,35+,36-;26-,31+,32+,33-/m11/s1. The third kappa shape index (κ3) is 30.2. The van der Waals surface area contributed by atoms with Crippen LogP contribution < -0.4 is 5.32 Å². The number of rotatable bonds is 34. The van der Waals surface area contributed by atoms with Crippen LogP contribution in [0.4, 0.5) is 13.6 Å². The van der Waals surface area contributed by atoms with Gasteiger partial charge >= 0.3 is 41.9 Å². The van der Waals surface area contributed by atoms with Crippen molar-refractivity contribution >= 4 is 53.7 Å². The highest BCUT2D eigenvalue weighted by Crippen LogP contribution is 2.31. The molecule has 2 aliphatic heterocycles. The molecule has 105 heavy (non-hydrogen) atoms. The number of likely N-dealkylation sites (N-methyl/N-ethyl adjacent to an activating group) is 4. The van der Waals surface area contributed by atoms with Gasteiger partial charge in [-0.2, -0.15) is 0 Å². The van der Waals surface area contributed by atoms with Crippen molar-refractivity contribution in [2.75, 3.05) is 54.6 Å². The summed E-state index contributed by atoms with van der Waals surface area (Å²) in [4.78, 5) is 125. The summed E-state index contributed by atoms with van der Waals surface area (Å²) in [6, 6.07) is 28.9. The van der Waals surface area contributed by atoms with E-state index in [0.717, 1.165) is 57.7 Å². The van der Waals surface area contributed by atoms with Gasteiger partial charge in [0.1, 0.15) is 54.3 Å². The number of carbonyl (C=O) groups is 9. The molecule has 0 unspecified atom stereocenters. The molecule has 2 heterocycles. The zero-order valence-corrected chi connectivity index (χ0v) is 64.6. The van der Waals surface area contributed by atoms with Gasteiger partial charge in [0.05, 0.1) is 0 Å². The molecule has 580 valence electrons. The predicted molar refractivity (Wildman–Crippen MR) is 391 cm³/mol. The van der Waals surface area contributed by atoms with Crippen molar-refractivity contribution in [1.82, 2.24) is 20.0 Å². The van der Waals surface area contributed by atoms with Gasteiger partial charge in [-0.3, -0.25) is 19.3 Å². The number of ether oxygens (including phenoxy) is 9. The van der Waals surface area contributed by atoms with Gasteiger partial charge < -0.3 is 57.7 Å². The smallest absolute Gasteiger partial charge is 0.410 e. The summed E-state index contributed by atoms with van der Waals surface area (Å²) in [6.07, 6.45) is -2.84. The van der Waals surface area contributed by atoms with E-state index < -0.39 is 126 Å². The van der Waals surface area contributed by atoms with Crippen LogP contribution in [-0.4, -0.2) is 189 Å². The molecule has 6 rings (SSSR count). The van der Waals surface area contributed by atoms with Crippen LogP contribution in [0.25, 0.3) is 0 Å². The molecular weight excluding hydrogens is 1350 g/mol. The van der Waals surface area contributed by atoms with Crippen molar-refractivity contribution in [3.8, 4) is 0 Å². The van der Waals surface area contributed by atoms with Crippen molar-refractivity contribution in [2.24, 2.45) is 11.8 Å². The second-order valence-electron chi connectivity index (χ2n) is 30.3. The number of nitrogens with one attached hydrogen (secondary N) is 1. The highest BCUT2D eigenvalue weighted by Gasteiger charge is 2.43. The Balaban J connectivity index is 0.000000380. The monoisotopic (exact) mass is 1470 g/mol. The quantitative estimate of drug-likeness (QED) is 0.0337. The number of benzene rings is 4. The third-order valence-corrected chi connectivity index (χ3v) is 17.9. The average Bonchev–Trinajstić information content (AvgIpc) is 0.830. The van der Waals surface area contributed by atoms with E-state index in [9.17, 15) is 47.5 Å². The fraction of sp³-hybridized carbons (Fsp3) is 0.593. The number of amides is 3. The molecule has 4 aromatic rings. The molecule has 2 aliphatic rings. The summed E-state index contributed by atoms with van der Waals surface area (Å²) in [5.74, 6) is -5.69. The summed E-state index contributed by atoms with van der Waals surface area (Å²) in [5, 5.41) is 2.79. The van der Waals surface area contributed by atoms with Gasteiger partial charge in [-0.15, -0.1) is 0 Å². The summed E-state index contributed by atoms with van der Waals surface area (Å²) < 4.78 is 79.7.